The molecule has 0 fully saturated rings. The molecule has 37 heavy (non-hydrogen) atoms. The van der Waals surface area contributed by atoms with Crippen molar-refractivity contribution in [3.63, 3.8) is 0 Å². The lowest BCUT2D eigenvalue weighted by Gasteiger charge is -2.25. The molecule has 0 spiro atoms. The maximum atomic E-state index is 13.8. The summed E-state index contributed by atoms with van der Waals surface area (Å²) in [7, 11) is 1.83. The number of nitrogens with one attached hydrogen (secondary N) is 3. The molecule has 9 N–H and O–H groups in total. The Morgan fingerprint density at radius 3 is 2.57 bits per heavy atom. The van der Waals surface area contributed by atoms with E-state index in [2.05, 4.69) is 20.9 Å². The van der Waals surface area contributed by atoms with Gasteiger partial charge in [-0.05, 0) is 60.7 Å². The Hall–Kier alpha value is -3.25. The number of nitrogens with two attached hydrogens (primary N) is 2. The third-order valence-corrected chi connectivity index (χ3v) is 6.69. The first-order valence-corrected chi connectivity index (χ1v) is 12.2. The average molecular weight is 535 g/mol. The number of aliphatic hydroxyl groups excluding tert-OH is 2. The van der Waals surface area contributed by atoms with E-state index in [0.717, 1.165) is 22.8 Å². The first kappa shape index (κ1) is 28.3. The zero-order valence-corrected chi connectivity index (χ0v) is 21.1. The second-order valence-corrected chi connectivity index (χ2v) is 9.38. The summed E-state index contributed by atoms with van der Waals surface area (Å²) in [4.78, 5) is 29.7. The first-order valence-electron chi connectivity index (χ1n) is 11.8. The van der Waals surface area contributed by atoms with Crippen LogP contribution in [-0.2, 0) is 16.1 Å². The highest BCUT2D eigenvalue weighted by Gasteiger charge is 2.42. The van der Waals surface area contributed by atoms with Crippen LogP contribution in [0.2, 0.25) is 5.02 Å². The van der Waals surface area contributed by atoms with E-state index in [1.54, 1.807) is 0 Å². The molecule has 4 atom stereocenters. The van der Waals surface area contributed by atoms with Gasteiger partial charge in [0.1, 0.15) is 5.82 Å². The van der Waals surface area contributed by atoms with E-state index in [0.29, 0.717) is 19.4 Å². The number of rotatable bonds is 10. The zero-order valence-electron chi connectivity index (χ0n) is 20.4. The number of fused-ring (bicyclic) bond motifs is 1. The van der Waals surface area contributed by atoms with Gasteiger partial charge in [0.2, 0.25) is 0 Å². The highest BCUT2D eigenvalue weighted by atomic mass is 35.5. The molecule has 2 aromatic rings. The molecule has 0 saturated heterocycles. The molecule has 0 saturated carbocycles. The van der Waals surface area contributed by atoms with Crippen molar-refractivity contribution >= 4 is 35.1 Å². The van der Waals surface area contributed by atoms with Crippen molar-refractivity contribution in [2.45, 2.75) is 37.5 Å². The molecule has 0 aromatic heterocycles. The Morgan fingerprint density at radius 2 is 1.92 bits per heavy atom. The van der Waals surface area contributed by atoms with E-state index in [1.165, 1.54) is 12.1 Å². The van der Waals surface area contributed by atoms with Gasteiger partial charge in [0, 0.05) is 24.7 Å². The number of guanidine groups is 1. The number of carbonyl (C=O) groups excluding carboxylic acids is 2. The van der Waals surface area contributed by atoms with Crippen molar-refractivity contribution in [2.75, 3.05) is 25.5 Å². The van der Waals surface area contributed by atoms with Crippen LogP contribution in [0, 0.1) is 11.7 Å². The van der Waals surface area contributed by atoms with E-state index in [-0.39, 0.29) is 41.7 Å². The molecule has 2 amide bonds. The number of halogens is 2. The van der Waals surface area contributed by atoms with Crippen molar-refractivity contribution in [1.29, 1.82) is 0 Å². The second kappa shape index (κ2) is 12.8. The molecular weight excluding hydrogens is 503 g/mol. The predicted octanol–water partition coefficient (Wildman–Crippen LogP) is 1.11. The highest BCUT2D eigenvalue weighted by molar-refractivity contribution is 6.39. The third-order valence-electron chi connectivity index (χ3n) is 6.39. The van der Waals surface area contributed by atoms with Crippen LogP contribution in [0.15, 0.2) is 41.4 Å². The molecule has 10 nitrogen and oxygen atoms in total. The number of hydrogen-bond acceptors (Lipinski definition) is 6. The fourth-order valence-electron chi connectivity index (χ4n) is 4.67. The Bertz CT molecular complexity index is 1160. The van der Waals surface area contributed by atoms with Gasteiger partial charge in [-0.15, -0.1) is 0 Å². The van der Waals surface area contributed by atoms with Gasteiger partial charge in [-0.25, -0.2) is 4.39 Å². The predicted molar refractivity (Wildman–Crippen MR) is 139 cm³/mol. The normalized spacial score (nSPS) is 19.1. The van der Waals surface area contributed by atoms with Crippen LogP contribution in [-0.4, -0.2) is 54.3 Å². The molecule has 0 heterocycles. The van der Waals surface area contributed by atoms with E-state index in [9.17, 15) is 24.2 Å². The van der Waals surface area contributed by atoms with Crippen LogP contribution < -0.4 is 27.4 Å². The number of amides is 2. The minimum atomic E-state index is -0.977. The van der Waals surface area contributed by atoms with Crippen molar-refractivity contribution in [3.8, 4) is 0 Å². The standard InChI is InChI=1S/C25H32ClFN6O4/c1-30-10-13-2-5-17-18(8-13)16(6-4-15(35)12-34)19(11-31-25(28)29)22(17)33-24(37)23(36)32-14-3-7-20(26)21(27)9-14/h2-3,5,7-9,15-16,19,22,30,34-35H,4,6,10-12H2,1H3,(H,32,36)(H,33,37)(H4,28,29,31)/t15-,16-,19+,22+/m1/s1. The van der Waals surface area contributed by atoms with E-state index in [4.69, 9.17) is 23.1 Å². The molecule has 2 aromatic carbocycles. The SMILES string of the molecule is CNCc1ccc2c(c1)[C@@H](CC[C@@H](O)CO)[C@H](CN=C(N)N)[C@H]2NC(=O)C(=O)Nc1ccc(Cl)c(F)c1. The molecule has 3 rings (SSSR count). The van der Waals surface area contributed by atoms with Gasteiger partial charge in [0.05, 0.1) is 23.8 Å². The maximum absolute atomic E-state index is 13.8. The van der Waals surface area contributed by atoms with Gasteiger partial charge < -0.3 is 37.6 Å². The van der Waals surface area contributed by atoms with E-state index < -0.39 is 29.8 Å². The lowest BCUT2D eigenvalue weighted by atomic mass is 9.85. The van der Waals surface area contributed by atoms with Gasteiger partial charge in [0.15, 0.2) is 5.96 Å². The summed E-state index contributed by atoms with van der Waals surface area (Å²) in [6.07, 6.45) is -0.0874. The van der Waals surface area contributed by atoms with Gasteiger partial charge in [-0.1, -0.05) is 29.8 Å². The molecule has 0 radical (unpaired) electrons. The number of aliphatic imine (C=N–C) groups is 1. The molecular formula is C25H32ClFN6O4. The Balaban J connectivity index is 1.90. The summed E-state index contributed by atoms with van der Waals surface area (Å²) < 4.78 is 13.8. The monoisotopic (exact) mass is 534 g/mol. The topological polar surface area (TPSA) is 175 Å². The summed E-state index contributed by atoms with van der Waals surface area (Å²) in [6, 6.07) is 8.90. The maximum Gasteiger partial charge on any atom is 0.313 e. The van der Waals surface area contributed by atoms with Gasteiger partial charge in [-0.2, -0.15) is 0 Å². The summed E-state index contributed by atoms with van der Waals surface area (Å²) in [5.41, 5.74) is 14.0. The quantitative estimate of drug-likeness (QED) is 0.136. The molecule has 0 unspecified atom stereocenters. The minimum absolute atomic E-state index is 0.0819. The second-order valence-electron chi connectivity index (χ2n) is 8.98. The number of anilines is 1. The number of hydrogen-bond donors (Lipinski definition) is 7. The molecule has 1 aliphatic rings. The fourth-order valence-corrected chi connectivity index (χ4v) is 4.78. The number of aliphatic hydroxyl groups is 2. The largest absolute Gasteiger partial charge is 0.394 e. The molecule has 0 aliphatic heterocycles. The van der Waals surface area contributed by atoms with E-state index >= 15 is 0 Å². The van der Waals surface area contributed by atoms with Crippen molar-refractivity contribution in [1.82, 2.24) is 10.6 Å². The summed E-state index contributed by atoms with van der Waals surface area (Å²) >= 11 is 5.68. The fraction of sp³-hybridized carbons (Fsp3) is 0.400. The lowest BCUT2D eigenvalue weighted by molar-refractivity contribution is -0.136. The Labute approximate surface area is 219 Å². The Kier molecular flexibility index (Phi) is 9.81. The van der Waals surface area contributed by atoms with Gasteiger partial charge in [0.25, 0.3) is 0 Å². The first-order chi connectivity index (χ1) is 17.6. The van der Waals surface area contributed by atoms with Gasteiger partial charge in [-0.3, -0.25) is 14.6 Å². The Morgan fingerprint density at radius 1 is 1.16 bits per heavy atom. The van der Waals surface area contributed by atoms with Crippen LogP contribution in [0.1, 0.15) is 41.5 Å². The van der Waals surface area contributed by atoms with Crippen molar-refractivity contribution in [3.05, 3.63) is 63.9 Å². The van der Waals surface area contributed by atoms with Crippen LogP contribution in [0.4, 0.5) is 10.1 Å². The molecule has 0 bridgehead atoms. The molecule has 200 valence electrons. The minimum Gasteiger partial charge on any atom is -0.394 e. The number of benzene rings is 2. The van der Waals surface area contributed by atoms with Crippen LogP contribution in [0.25, 0.3) is 0 Å². The molecule has 12 heteroatoms. The molecule has 1 aliphatic carbocycles. The number of carbonyl (C=O) groups is 2. The summed E-state index contributed by atoms with van der Waals surface area (Å²) in [6.45, 7) is 0.408. The zero-order chi connectivity index (χ0) is 27.1. The summed E-state index contributed by atoms with van der Waals surface area (Å²) in [5.74, 6) is -3.25. The van der Waals surface area contributed by atoms with Crippen LogP contribution in [0.5, 0.6) is 0 Å². The lowest BCUT2D eigenvalue weighted by Crippen LogP contribution is -2.40. The average Bonchev–Trinajstić information content (AvgIpc) is 3.14. The van der Waals surface area contributed by atoms with Crippen molar-refractivity contribution in [2.24, 2.45) is 22.4 Å². The smallest absolute Gasteiger partial charge is 0.313 e. The van der Waals surface area contributed by atoms with E-state index in [1.807, 2.05) is 25.2 Å². The third kappa shape index (κ3) is 7.16. The summed E-state index contributed by atoms with van der Waals surface area (Å²) in [5, 5.41) is 27.4. The van der Waals surface area contributed by atoms with Gasteiger partial charge >= 0.3 is 11.8 Å². The van der Waals surface area contributed by atoms with Crippen molar-refractivity contribution < 1.29 is 24.2 Å². The van der Waals surface area contributed by atoms with Crippen LogP contribution in [0.3, 0.4) is 0 Å². The number of nitrogens with zero attached hydrogens (tertiary/aromatic N) is 1. The highest BCUT2D eigenvalue weighted by Crippen LogP contribution is 2.48. The van der Waals surface area contributed by atoms with Crippen LogP contribution >= 0.6 is 11.6 Å².